The van der Waals surface area contributed by atoms with Gasteiger partial charge in [-0.2, -0.15) is 8.78 Å². The molecule has 2 aromatic carbocycles. The molecule has 1 N–H and O–H groups in total. The molecule has 4 rings (SSSR count). The van der Waals surface area contributed by atoms with Crippen LogP contribution in [-0.4, -0.2) is 29.2 Å². The van der Waals surface area contributed by atoms with Crippen molar-refractivity contribution in [3.63, 3.8) is 0 Å². The molecule has 1 fully saturated rings. The summed E-state index contributed by atoms with van der Waals surface area (Å²) in [6.07, 6.45) is -1.44. The van der Waals surface area contributed by atoms with Crippen molar-refractivity contribution in [2.24, 2.45) is 5.92 Å². The predicted molar refractivity (Wildman–Crippen MR) is 115 cm³/mol. The van der Waals surface area contributed by atoms with Crippen LogP contribution in [0.2, 0.25) is 0 Å². The van der Waals surface area contributed by atoms with Gasteiger partial charge in [-0.1, -0.05) is 24.3 Å². The Bertz CT molecular complexity index is 1040. The molecule has 1 aromatic heterocycles. The van der Waals surface area contributed by atoms with Gasteiger partial charge < -0.3 is 14.6 Å². The van der Waals surface area contributed by atoms with E-state index in [0.717, 1.165) is 32.0 Å². The van der Waals surface area contributed by atoms with Gasteiger partial charge in [0.15, 0.2) is 0 Å². The Hall–Kier alpha value is -2.91. The largest absolute Gasteiger partial charge is 0.415 e. The maximum Gasteiger partial charge on any atom is 0.314 e. The molecule has 1 aliphatic heterocycles. The van der Waals surface area contributed by atoms with E-state index in [0.29, 0.717) is 11.3 Å². The number of alkyl halides is 2. The van der Waals surface area contributed by atoms with E-state index in [-0.39, 0.29) is 42.2 Å². The maximum atomic E-state index is 14.9. The van der Waals surface area contributed by atoms with Gasteiger partial charge in [-0.25, -0.2) is 4.39 Å². The number of anilines is 1. The van der Waals surface area contributed by atoms with Crippen LogP contribution < -0.4 is 10.2 Å². The number of carbonyl (C=O) groups is 1. The summed E-state index contributed by atoms with van der Waals surface area (Å²) in [7, 11) is 0. The molecule has 0 spiro atoms. The third-order valence-corrected chi connectivity index (χ3v) is 5.28. The summed E-state index contributed by atoms with van der Waals surface area (Å²) in [5.41, 5.74) is 1.17. The lowest BCUT2D eigenvalue weighted by molar-refractivity contribution is -0.123. The smallest absolute Gasteiger partial charge is 0.314 e. The molecular formula is C22H22ClF3N4O2. The number of carbonyl (C=O) groups excluding carboxylic acids is 1. The summed E-state index contributed by atoms with van der Waals surface area (Å²) >= 11 is 0. The second-order valence-corrected chi connectivity index (χ2v) is 7.34. The first kappa shape index (κ1) is 23.7. The summed E-state index contributed by atoms with van der Waals surface area (Å²) < 4.78 is 45.1. The summed E-state index contributed by atoms with van der Waals surface area (Å²) in [5, 5.41) is 10.0. The van der Waals surface area contributed by atoms with Gasteiger partial charge in [0.25, 0.3) is 5.89 Å². The van der Waals surface area contributed by atoms with Crippen LogP contribution in [0.1, 0.15) is 30.7 Å². The van der Waals surface area contributed by atoms with Crippen molar-refractivity contribution in [3.05, 3.63) is 65.8 Å². The van der Waals surface area contributed by atoms with E-state index >= 15 is 0 Å². The Balaban J connectivity index is 0.00000289. The number of piperidine rings is 1. The highest BCUT2D eigenvalue weighted by Crippen LogP contribution is 2.27. The second kappa shape index (κ2) is 10.6. The molecule has 0 unspecified atom stereocenters. The van der Waals surface area contributed by atoms with Crippen molar-refractivity contribution in [1.29, 1.82) is 0 Å². The minimum absolute atomic E-state index is 0. The fraction of sp³-hybridized carbons (Fsp3) is 0.318. The van der Waals surface area contributed by atoms with E-state index in [9.17, 15) is 18.0 Å². The Morgan fingerprint density at radius 1 is 1.12 bits per heavy atom. The lowest BCUT2D eigenvalue weighted by atomic mass is 9.96. The highest BCUT2D eigenvalue weighted by atomic mass is 35.5. The number of aromatic nitrogens is 2. The Kier molecular flexibility index (Phi) is 7.87. The van der Waals surface area contributed by atoms with Gasteiger partial charge in [0.05, 0.1) is 6.54 Å². The van der Waals surface area contributed by atoms with Crippen LogP contribution in [0, 0.1) is 11.7 Å². The third kappa shape index (κ3) is 5.28. The molecule has 3 aromatic rings. The van der Waals surface area contributed by atoms with Crippen molar-refractivity contribution in [2.45, 2.75) is 25.8 Å². The molecule has 0 atom stereocenters. The standard InChI is InChI=1S/C22H21F3N4O2.ClH/c23-18-12-15(20-27-28-21(31-20)19(24)25)6-7-16(18)13-29(17-4-2-1-3-5-17)22(30)14-8-10-26-11-9-14;/h1-7,12,14,19,26H,8-11,13H2;1H. The molecule has 1 aliphatic rings. The zero-order valence-corrected chi connectivity index (χ0v) is 17.8. The molecule has 2 heterocycles. The van der Waals surface area contributed by atoms with Gasteiger partial charge in [0.2, 0.25) is 11.8 Å². The molecule has 0 saturated carbocycles. The Morgan fingerprint density at radius 2 is 1.84 bits per heavy atom. The van der Waals surface area contributed by atoms with E-state index in [1.165, 1.54) is 12.1 Å². The van der Waals surface area contributed by atoms with Crippen LogP contribution >= 0.6 is 12.4 Å². The summed E-state index contributed by atoms with van der Waals surface area (Å²) in [6, 6.07) is 13.3. The molecule has 32 heavy (non-hydrogen) atoms. The monoisotopic (exact) mass is 466 g/mol. The predicted octanol–water partition coefficient (Wildman–Crippen LogP) is 4.77. The van der Waals surface area contributed by atoms with Gasteiger partial charge >= 0.3 is 6.43 Å². The van der Waals surface area contributed by atoms with Crippen LogP contribution in [0.5, 0.6) is 0 Å². The first-order valence-electron chi connectivity index (χ1n) is 10.0. The highest BCUT2D eigenvalue weighted by molar-refractivity contribution is 5.95. The van der Waals surface area contributed by atoms with E-state index in [1.54, 1.807) is 4.90 Å². The number of hydrogen-bond donors (Lipinski definition) is 1. The number of amides is 1. The Morgan fingerprint density at radius 3 is 2.47 bits per heavy atom. The number of hydrogen-bond acceptors (Lipinski definition) is 5. The molecule has 0 radical (unpaired) electrons. The number of benzene rings is 2. The Labute approximate surface area is 189 Å². The third-order valence-electron chi connectivity index (χ3n) is 5.28. The fourth-order valence-corrected chi connectivity index (χ4v) is 3.61. The van der Waals surface area contributed by atoms with Crippen LogP contribution in [0.25, 0.3) is 11.5 Å². The van der Waals surface area contributed by atoms with Gasteiger partial charge in [0, 0.05) is 22.7 Å². The lowest BCUT2D eigenvalue weighted by Gasteiger charge is -2.30. The van der Waals surface area contributed by atoms with Crippen molar-refractivity contribution < 1.29 is 22.4 Å². The average molecular weight is 467 g/mol. The van der Waals surface area contributed by atoms with E-state index in [1.807, 2.05) is 30.3 Å². The molecule has 1 saturated heterocycles. The molecule has 10 heteroatoms. The zero-order valence-electron chi connectivity index (χ0n) is 17.0. The van der Waals surface area contributed by atoms with Gasteiger partial charge in [-0.3, -0.25) is 4.79 Å². The minimum atomic E-state index is -2.90. The topological polar surface area (TPSA) is 71.3 Å². The molecule has 1 amide bonds. The van der Waals surface area contributed by atoms with Crippen LogP contribution in [0.4, 0.5) is 18.9 Å². The first-order valence-corrected chi connectivity index (χ1v) is 10.0. The average Bonchev–Trinajstić information content (AvgIpc) is 3.30. The fourth-order valence-electron chi connectivity index (χ4n) is 3.61. The summed E-state index contributed by atoms with van der Waals surface area (Å²) in [4.78, 5) is 14.8. The van der Waals surface area contributed by atoms with Crippen molar-refractivity contribution in [2.75, 3.05) is 18.0 Å². The number of para-hydroxylation sites is 1. The minimum Gasteiger partial charge on any atom is -0.415 e. The quantitative estimate of drug-likeness (QED) is 0.566. The van der Waals surface area contributed by atoms with Crippen molar-refractivity contribution in [3.8, 4) is 11.5 Å². The number of nitrogens with one attached hydrogen (secondary N) is 1. The molecule has 0 aliphatic carbocycles. The van der Waals surface area contributed by atoms with Crippen LogP contribution in [-0.2, 0) is 11.3 Å². The van der Waals surface area contributed by atoms with E-state index in [2.05, 4.69) is 15.5 Å². The van der Waals surface area contributed by atoms with Gasteiger partial charge in [-0.15, -0.1) is 22.6 Å². The first-order chi connectivity index (χ1) is 15.0. The van der Waals surface area contributed by atoms with Crippen LogP contribution in [0.15, 0.2) is 52.9 Å². The highest BCUT2D eigenvalue weighted by Gasteiger charge is 2.28. The zero-order chi connectivity index (χ0) is 21.8. The van der Waals surface area contributed by atoms with E-state index in [4.69, 9.17) is 4.42 Å². The van der Waals surface area contributed by atoms with Crippen molar-refractivity contribution >= 4 is 24.0 Å². The molecule has 0 bridgehead atoms. The normalized spacial score (nSPS) is 14.2. The number of nitrogens with zero attached hydrogens (tertiary/aromatic N) is 3. The summed E-state index contributed by atoms with van der Waals surface area (Å²) in [6.45, 7) is 1.59. The maximum absolute atomic E-state index is 14.9. The molecule has 6 nitrogen and oxygen atoms in total. The SMILES string of the molecule is Cl.O=C(C1CCNCC1)N(Cc1ccc(-c2nnc(C(F)F)o2)cc1F)c1ccccc1. The number of halogens is 4. The van der Waals surface area contributed by atoms with Gasteiger partial charge in [-0.05, 0) is 50.2 Å². The summed E-state index contributed by atoms with van der Waals surface area (Å²) in [5.74, 6) is -1.77. The van der Waals surface area contributed by atoms with Gasteiger partial charge in [0.1, 0.15) is 5.82 Å². The molecular weight excluding hydrogens is 445 g/mol. The number of rotatable bonds is 6. The van der Waals surface area contributed by atoms with Crippen molar-refractivity contribution in [1.82, 2.24) is 15.5 Å². The molecule has 170 valence electrons. The second-order valence-electron chi connectivity index (χ2n) is 7.34. The van der Waals surface area contributed by atoms with Crippen LogP contribution in [0.3, 0.4) is 0 Å². The van der Waals surface area contributed by atoms with E-state index < -0.39 is 18.1 Å². The lowest BCUT2D eigenvalue weighted by Crippen LogP contribution is -2.41.